The quantitative estimate of drug-likeness (QED) is 0.680. The Balaban J connectivity index is 4.72. The number of nitrogens with one attached hydrogen (secondary N) is 1. The van der Waals surface area contributed by atoms with E-state index in [1.54, 1.807) is 11.6 Å². The molecule has 1 atom stereocenters. The first kappa shape index (κ1) is 16.6. The van der Waals surface area contributed by atoms with Gasteiger partial charge in [0.15, 0.2) is 0 Å². The fourth-order valence-corrected chi connectivity index (χ4v) is 2.27. The van der Waals surface area contributed by atoms with Gasteiger partial charge in [0, 0.05) is 13.1 Å². The second-order valence-electron chi connectivity index (χ2n) is 3.52. The Morgan fingerprint density at radius 1 is 1.39 bits per heavy atom. The van der Waals surface area contributed by atoms with Gasteiger partial charge in [-0.3, -0.25) is 4.79 Å². The Morgan fingerprint density at radius 3 is 2.33 bits per heavy atom. The molecule has 1 amide bonds. The molecule has 0 aromatic heterocycles. The van der Waals surface area contributed by atoms with Crippen LogP contribution in [0, 0.1) is 5.92 Å². The summed E-state index contributed by atoms with van der Waals surface area (Å²) in [6, 6.07) is 0. The highest BCUT2D eigenvalue weighted by atomic mass is 32.2. The Morgan fingerprint density at radius 2 is 1.94 bits per heavy atom. The molecule has 0 bridgehead atoms. The molecule has 0 aromatic carbocycles. The van der Waals surface area contributed by atoms with Crippen molar-refractivity contribution in [1.82, 2.24) is 9.03 Å². The van der Waals surface area contributed by atoms with Gasteiger partial charge in [0.05, 0.1) is 12.5 Å². The first-order valence-corrected chi connectivity index (χ1v) is 6.86. The largest absolute Gasteiger partial charge is 0.481 e. The number of aliphatic carboxylic acids is 1. The lowest BCUT2D eigenvalue weighted by molar-refractivity contribution is -0.141. The summed E-state index contributed by atoms with van der Waals surface area (Å²) in [5.41, 5.74) is 0. The first-order valence-electron chi connectivity index (χ1n) is 5.42. The molecule has 9 heteroatoms. The number of amides is 1. The average Bonchev–Trinajstić information content (AvgIpc) is 2.24. The maximum absolute atomic E-state index is 11.7. The second-order valence-corrected chi connectivity index (χ2v) is 5.19. The van der Waals surface area contributed by atoms with Crippen molar-refractivity contribution in [3.8, 4) is 0 Å². The van der Waals surface area contributed by atoms with Crippen LogP contribution >= 0.6 is 0 Å². The van der Waals surface area contributed by atoms with Gasteiger partial charge in [0.2, 0.25) is 0 Å². The minimum atomic E-state index is -4.08. The number of hydrogen-bond donors (Lipinski definition) is 2. The first-order chi connectivity index (χ1) is 8.24. The van der Waals surface area contributed by atoms with E-state index in [4.69, 9.17) is 5.11 Å². The molecule has 106 valence electrons. The molecule has 0 aromatic rings. The molecule has 0 aliphatic carbocycles. The number of hydrogen-bond acceptors (Lipinski definition) is 5. The molecule has 2 N–H and O–H groups in total. The van der Waals surface area contributed by atoms with Crippen LogP contribution in [0.5, 0.6) is 0 Å². The second kappa shape index (κ2) is 7.17. The maximum Gasteiger partial charge on any atom is 0.421 e. The van der Waals surface area contributed by atoms with E-state index in [0.29, 0.717) is 0 Å². The lowest BCUT2D eigenvalue weighted by atomic mass is 10.2. The van der Waals surface area contributed by atoms with Gasteiger partial charge in [-0.2, -0.15) is 12.7 Å². The Bertz CT molecular complexity index is 394. The molecule has 0 spiro atoms. The summed E-state index contributed by atoms with van der Waals surface area (Å²) in [6.07, 6.45) is -1.08. The number of ether oxygens (including phenoxy) is 1. The van der Waals surface area contributed by atoms with Crippen molar-refractivity contribution < 1.29 is 27.9 Å². The summed E-state index contributed by atoms with van der Waals surface area (Å²) in [4.78, 5) is 21.7. The fraction of sp³-hybridized carbons (Fsp3) is 0.778. The van der Waals surface area contributed by atoms with Crippen LogP contribution < -0.4 is 4.72 Å². The predicted octanol–water partition coefficient (Wildman–Crippen LogP) is 0.0199. The highest BCUT2D eigenvalue weighted by Gasteiger charge is 2.27. The summed E-state index contributed by atoms with van der Waals surface area (Å²) in [7, 11) is -4.08. The van der Waals surface area contributed by atoms with Crippen LogP contribution in [0.2, 0.25) is 0 Å². The molecule has 0 fully saturated rings. The van der Waals surface area contributed by atoms with E-state index < -0.39 is 28.2 Å². The van der Waals surface area contributed by atoms with Crippen LogP contribution in [0.15, 0.2) is 0 Å². The van der Waals surface area contributed by atoms with Gasteiger partial charge in [-0.15, -0.1) is 0 Å². The van der Waals surface area contributed by atoms with Crippen LogP contribution in [-0.4, -0.2) is 49.6 Å². The Labute approximate surface area is 106 Å². The standard InChI is InChI=1S/C9H18N2O6S/c1-4-11(6-7(3)8(12)13)18(15,16)10-9(14)17-5-2/h7H,4-6H2,1-3H3,(H,10,14)(H,12,13). The monoisotopic (exact) mass is 282 g/mol. The molecule has 0 aliphatic heterocycles. The topological polar surface area (TPSA) is 113 Å². The van der Waals surface area contributed by atoms with Crippen LogP contribution in [0.4, 0.5) is 4.79 Å². The van der Waals surface area contributed by atoms with Gasteiger partial charge < -0.3 is 9.84 Å². The smallest absolute Gasteiger partial charge is 0.421 e. The van der Waals surface area contributed by atoms with Crippen LogP contribution in [0.25, 0.3) is 0 Å². The Kier molecular flexibility index (Phi) is 6.63. The van der Waals surface area contributed by atoms with Crippen molar-refractivity contribution >= 4 is 22.3 Å². The normalized spacial score (nSPS) is 13.1. The third-order valence-electron chi connectivity index (χ3n) is 2.08. The zero-order valence-corrected chi connectivity index (χ0v) is 11.4. The molecule has 0 radical (unpaired) electrons. The average molecular weight is 282 g/mol. The van der Waals surface area contributed by atoms with Gasteiger partial charge in [0.1, 0.15) is 0 Å². The molecular weight excluding hydrogens is 264 g/mol. The van der Waals surface area contributed by atoms with Crippen molar-refractivity contribution in [1.29, 1.82) is 0 Å². The molecule has 8 nitrogen and oxygen atoms in total. The number of carbonyl (C=O) groups excluding carboxylic acids is 1. The summed E-state index contributed by atoms with van der Waals surface area (Å²) >= 11 is 0. The number of carbonyl (C=O) groups is 2. The van der Waals surface area contributed by atoms with Crippen LogP contribution in [-0.2, 0) is 19.7 Å². The lowest BCUT2D eigenvalue weighted by Crippen LogP contribution is -2.46. The maximum atomic E-state index is 11.7. The third-order valence-corrected chi connectivity index (χ3v) is 3.59. The van der Waals surface area contributed by atoms with Crippen molar-refractivity contribution in [2.24, 2.45) is 5.92 Å². The zero-order valence-electron chi connectivity index (χ0n) is 10.5. The van der Waals surface area contributed by atoms with E-state index in [2.05, 4.69) is 4.74 Å². The Hall–Kier alpha value is -1.35. The third kappa shape index (κ3) is 5.32. The predicted molar refractivity (Wildman–Crippen MR) is 63.1 cm³/mol. The molecule has 0 saturated heterocycles. The SMILES string of the molecule is CCOC(=O)NS(=O)(=O)N(CC)CC(C)C(=O)O. The number of rotatable bonds is 7. The van der Waals surface area contributed by atoms with Gasteiger partial charge >= 0.3 is 22.3 Å². The molecule has 18 heavy (non-hydrogen) atoms. The molecule has 0 aliphatic rings. The van der Waals surface area contributed by atoms with Crippen molar-refractivity contribution in [3.05, 3.63) is 0 Å². The summed E-state index contributed by atoms with van der Waals surface area (Å²) < 4.78 is 30.5. The minimum absolute atomic E-state index is 0.0407. The summed E-state index contributed by atoms with van der Waals surface area (Å²) in [5.74, 6) is -1.98. The highest BCUT2D eigenvalue weighted by Crippen LogP contribution is 2.05. The minimum Gasteiger partial charge on any atom is -0.481 e. The molecule has 0 rings (SSSR count). The zero-order chi connectivity index (χ0) is 14.3. The van der Waals surface area contributed by atoms with E-state index in [0.717, 1.165) is 4.31 Å². The van der Waals surface area contributed by atoms with Crippen molar-refractivity contribution in [3.63, 3.8) is 0 Å². The fourth-order valence-electron chi connectivity index (χ4n) is 1.11. The number of nitrogens with zero attached hydrogens (tertiary/aromatic N) is 1. The van der Waals surface area contributed by atoms with Gasteiger partial charge in [-0.05, 0) is 6.92 Å². The van der Waals surface area contributed by atoms with Crippen LogP contribution in [0.1, 0.15) is 20.8 Å². The highest BCUT2D eigenvalue weighted by molar-refractivity contribution is 7.87. The number of carboxylic acids is 1. The van der Waals surface area contributed by atoms with E-state index in [1.165, 1.54) is 13.8 Å². The molecular formula is C9H18N2O6S. The van der Waals surface area contributed by atoms with Gasteiger partial charge in [-0.1, -0.05) is 13.8 Å². The molecule has 0 heterocycles. The summed E-state index contributed by atoms with van der Waals surface area (Å²) in [5, 5.41) is 8.72. The summed E-state index contributed by atoms with van der Waals surface area (Å²) in [6.45, 7) is 4.33. The molecule has 1 unspecified atom stereocenters. The van der Waals surface area contributed by atoms with Crippen molar-refractivity contribution in [2.45, 2.75) is 20.8 Å². The van der Waals surface area contributed by atoms with E-state index in [9.17, 15) is 18.0 Å². The van der Waals surface area contributed by atoms with E-state index in [-0.39, 0.29) is 19.7 Å². The van der Waals surface area contributed by atoms with Gasteiger partial charge in [0.25, 0.3) is 0 Å². The van der Waals surface area contributed by atoms with Gasteiger partial charge in [-0.25, -0.2) is 9.52 Å². The molecule has 0 saturated carbocycles. The van der Waals surface area contributed by atoms with E-state index >= 15 is 0 Å². The lowest BCUT2D eigenvalue weighted by Gasteiger charge is -2.21. The van der Waals surface area contributed by atoms with Crippen LogP contribution in [0.3, 0.4) is 0 Å². The number of carboxylic acid groups (broad SMARTS) is 1. The van der Waals surface area contributed by atoms with Crippen molar-refractivity contribution in [2.75, 3.05) is 19.7 Å². The van der Waals surface area contributed by atoms with E-state index in [1.807, 2.05) is 0 Å².